The number of nitrogens with one attached hydrogen (secondary N) is 3. The first-order valence-electron chi connectivity index (χ1n) is 11.7. The number of thioether (sulfide) groups is 1. The maximum absolute atomic E-state index is 12.8. The van der Waals surface area contributed by atoms with Crippen LogP contribution in [0, 0.1) is 17.0 Å². The molecule has 0 bridgehead atoms. The van der Waals surface area contributed by atoms with Crippen LogP contribution in [0.25, 0.3) is 0 Å². The van der Waals surface area contributed by atoms with Crippen LogP contribution in [0.15, 0.2) is 71.8 Å². The van der Waals surface area contributed by atoms with Crippen LogP contribution in [0.4, 0.5) is 17.2 Å². The van der Waals surface area contributed by atoms with Gasteiger partial charge in [-0.05, 0) is 49.6 Å². The molecule has 0 saturated heterocycles. The molecule has 0 fully saturated rings. The van der Waals surface area contributed by atoms with Crippen LogP contribution in [0.2, 0.25) is 0 Å². The maximum Gasteiger partial charge on any atom is 0.296 e. The zero-order chi connectivity index (χ0) is 25.8. The zero-order valence-corrected chi connectivity index (χ0v) is 21.8. The minimum Gasteiger partial charge on any atom is -0.379 e. The lowest BCUT2D eigenvalue weighted by Crippen LogP contribution is -2.26. The highest BCUT2D eigenvalue weighted by Crippen LogP contribution is 2.33. The molecule has 2 aromatic carbocycles. The Balaban J connectivity index is 1.51. The van der Waals surface area contributed by atoms with Crippen molar-refractivity contribution in [3.63, 3.8) is 0 Å². The van der Waals surface area contributed by atoms with E-state index in [1.54, 1.807) is 18.0 Å². The molecular weight excluding hydrogens is 498 g/mol. The van der Waals surface area contributed by atoms with E-state index in [0.29, 0.717) is 25.2 Å². The molecule has 1 aromatic heterocycles. The van der Waals surface area contributed by atoms with E-state index >= 15 is 0 Å². The molecule has 11 heteroatoms. The minimum atomic E-state index is -3.88. The lowest BCUT2D eigenvalue weighted by Gasteiger charge is -2.13. The third-order valence-electron chi connectivity index (χ3n) is 5.39. The molecule has 0 amide bonds. The van der Waals surface area contributed by atoms with Crippen LogP contribution in [0.1, 0.15) is 24.0 Å². The largest absolute Gasteiger partial charge is 0.379 e. The van der Waals surface area contributed by atoms with E-state index in [1.165, 1.54) is 24.6 Å². The normalized spacial score (nSPS) is 11.2. The van der Waals surface area contributed by atoms with E-state index in [1.807, 2.05) is 36.4 Å². The van der Waals surface area contributed by atoms with Gasteiger partial charge in [-0.3, -0.25) is 10.1 Å². The SMILES string of the molecule is Cc1c(S(=O)(=O)NCCCCNc2ccccn2)ccc(NCCSCc2ccccc2)c1[N+](=O)[O-]. The van der Waals surface area contributed by atoms with Gasteiger partial charge in [0.2, 0.25) is 10.0 Å². The van der Waals surface area contributed by atoms with Gasteiger partial charge in [0, 0.05) is 42.9 Å². The van der Waals surface area contributed by atoms with Crippen LogP contribution in [-0.4, -0.2) is 43.7 Å². The highest BCUT2D eigenvalue weighted by Gasteiger charge is 2.26. The van der Waals surface area contributed by atoms with Crippen molar-refractivity contribution < 1.29 is 13.3 Å². The average Bonchev–Trinajstić information content (AvgIpc) is 2.87. The summed E-state index contributed by atoms with van der Waals surface area (Å²) < 4.78 is 28.2. The quantitative estimate of drug-likeness (QED) is 0.145. The van der Waals surface area contributed by atoms with E-state index in [9.17, 15) is 18.5 Å². The molecule has 36 heavy (non-hydrogen) atoms. The number of benzene rings is 2. The fraction of sp³-hybridized carbons (Fsp3) is 0.320. The summed E-state index contributed by atoms with van der Waals surface area (Å²) in [6.45, 7) is 2.89. The molecule has 0 aliphatic heterocycles. The first-order valence-corrected chi connectivity index (χ1v) is 14.3. The summed E-state index contributed by atoms with van der Waals surface area (Å²) in [6, 6.07) is 18.5. The molecule has 3 aromatic rings. The van der Waals surface area contributed by atoms with Crippen molar-refractivity contribution in [3.05, 3.63) is 88.1 Å². The second-order valence-electron chi connectivity index (χ2n) is 8.05. The zero-order valence-electron chi connectivity index (χ0n) is 20.1. The van der Waals surface area contributed by atoms with Crippen LogP contribution in [-0.2, 0) is 15.8 Å². The predicted octanol–water partition coefficient (Wildman–Crippen LogP) is 4.81. The number of nitrogens with zero attached hydrogens (tertiary/aromatic N) is 2. The molecule has 3 rings (SSSR count). The summed E-state index contributed by atoms with van der Waals surface area (Å²) in [5.41, 5.74) is 1.44. The van der Waals surface area contributed by atoms with Gasteiger partial charge in [0.15, 0.2) is 0 Å². The second-order valence-corrected chi connectivity index (χ2v) is 10.9. The van der Waals surface area contributed by atoms with Gasteiger partial charge in [0.05, 0.1) is 9.82 Å². The van der Waals surface area contributed by atoms with Gasteiger partial charge in [-0.2, -0.15) is 11.8 Å². The van der Waals surface area contributed by atoms with Crippen LogP contribution >= 0.6 is 11.8 Å². The predicted molar refractivity (Wildman–Crippen MR) is 146 cm³/mol. The average molecular weight is 530 g/mol. The Morgan fingerprint density at radius 1 is 0.944 bits per heavy atom. The molecule has 9 nitrogen and oxygen atoms in total. The standard InChI is InChI=1S/C25H31N5O4S2/c1-20-23(36(33,34)29-16-8-7-15-28-24-11-5-6-14-27-24)13-12-22(25(20)30(31)32)26-17-18-35-19-21-9-3-2-4-10-21/h2-6,9-14,26,29H,7-8,15-19H2,1H3,(H,27,28). The van der Waals surface area contributed by atoms with Gasteiger partial charge in [-0.15, -0.1) is 0 Å². The minimum absolute atomic E-state index is 0.0789. The number of nitro groups is 1. The molecule has 0 aliphatic rings. The smallest absolute Gasteiger partial charge is 0.296 e. The molecule has 0 aliphatic carbocycles. The number of hydrogen-bond acceptors (Lipinski definition) is 8. The van der Waals surface area contributed by atoms with E-state index in [4.69, 9.17) is 0 Å². The van der Waals surface area contributed by atoms with Crippen molar-refractivity contribution in [2.45, 2.75) is 30.4 Å². The van der Waals surface area contributed by atoms with E-state index in [0.717, 1.165) is 23.7 Å². The molecule has 192 valence electrons. The van der Waals surface area contributed by atoms with Gasteiger partial charge >= 0.3 is 0 Å². The summed E-state index contributed by atoms with van der Waals surface area (Å²) in [5, 5.41) is 18.0. The fourth-order valence-electron chi connectivity index (χ4n) is 3.59. The topological polar surface area (TPSA) is 126 Å². The van der Waals surface area contributed by atoms with Crippen molar-refractivity contribution in [1.29, 1.82) is 0 Å². The van der Waals surface area contributed by atoms with E-state index in [2.05, 4.69) is 32.5 Å². The summed E-state index contributed by atoms with van der Waals surface area (Å²) in [7, 11) is -3.88. The third kappa shape index (κ3) is 8.21. The van der Waals surface area contributed by atoms with Crippen molar-refractivity contribution >= 4 is 39.0 Å². The first-order chi connectivity index (χ1) is 17.4. The Kier molecular flexibility index (Phi) is 10.5. The van der Waals surface area contributed by atoms with Crippen LogP contribution in [0.3, 0.4) is 0 Å². The number of nitro benzene ring substituents is 1. The van der Waals surface area contributed by atoms with Gasteiger partial charge < -0.3 is 10.6 Å². The van der Waals surface area contributed by atoms with Gasteiger partial charge in [0.25, 0.3) is 5.69 Å². The molecule has 0 atom stereocenters. The monoisotopic (exact) mass is 529 g/mol. The number of sulfonamides is 1. The van der Waals surface area contributed by atoms with E-state index < -0.39 is 14.9 Å². The lowest BCUT2D eigenvalue weighted by molar-refractivity contribution is -0.384. The molecule has 1 heterocycles. The lowest BCUT2D eigenvalue weighted by atomic mass is 10.1. The van der Waals surface area contributed by atoms with Gasteiger partial charge in [-0.25, -0.2) is 18.1 Å². The third-order valence-corrected chi connectivity index (χ3v) is 8.03. The number of anilines is 2. The van der Waals surface area contributed by atoms with Crippen molar-refractivity contribution in [2.75, 3.05) is 36.0 Å². The van der Waals surface area contributed by atoms with Crippen molar-refractivity contribution in [3.8, 4) is 0 Å². The van der Waals surface area contributed by atoms with Crippen molar-refractivity contribution in [1.82, 2.24) is 9.71 Å². The van der Waals surface area contributed by atoms with Gasteiger partial charge in [-0.1, -0.05) is 36.4 Å². The summed E-state index contributed by atoms with van der Waals surface area (Å²) >= 11 is 1.72. The number of pyridine rings is 1. The Labute approximate surface area is 216 Å². The Hall–Kier alpha value is -3.15. The summed E-state index contributed by atoms with van der Waals surface area (Å²) in [6.07, 6.45) is 3.05. The number of rotatable bonds is 15. The Morgan fingerprint density at radius 2 is 1.69 bits per heavy atom. The summed E-state index contributed by atoms with van der Waals surface area (Å²) in [4.78, 5) is 15.3. The number of aromatic nitrogens is 1. The first kappa shape index (κ1) is 27.4. The highest BCUT2D eigenvalue weighted by atomic mass is 32.2. The Bertz CT molecular complexity index is 1230. The highest BCUT2D eigenvalue weighted by molar-refractivity contribution is 7.98. The Morgan fingerprint density at radius 3 is 2.42 bits per heavy atom. The fourth-order valence-corrected chi connectivity index (χ4v) is 5.73. The second kappa shape index (κ2) is 13.8. The van der Waals surface area contributed by atoms with Gasteiger partial charge in [0.1, 0.15) is 11.5 Å². The van der Waals surface area contributed by atoms with Crippen LogP contribution < -0.4 is 15.4 Å². The van der Waals surface area contributed by atoms with Crippen molar-refractivity contribution in [2.24, 2.45) is 0 Å². The molecule has 3 N–H and O–H groups in total. The molecular formula is C25H31N5O4S2. The summed E-state index contributed by atoms with van der Waals surface area (Å²) in [5.74, 6) is 2.37. The number of hydrogen-bond donors (Lipinski definition) is 3. The molecule has 0 saturated carbocycles. The number of unbranched alkanes of at least 4 members (excludes halogenated alkanes) is 1. The molecule has 0 spiro atoms. The van der Waals surface area contributed by atoms with Crippen LogP contribution in [0.5, 0.6) is 0 Å². The molecule has 0 radical (unpaired) electrons. The maximum atomic E-state index is 12.8. The van der Waals surface area contributed by atoms with E-state index in [-0.39, 0.29) is 22.7 Å². The molecule has 0 unspecified atom stereocenters.